The van der Waals surface area contributed by atoms with E-state index in [2.05, 4.69) is 10.3 Å². The zero-order valence-corrected chi connectivity index (χ0v) is 12.7. The lowest BCUT2D eigenvalue weighted by molar-refractivity contribution is 0.0747. The van der Waals surface area contributed by atoms with Gasteiger partial charge in [-0.3, -0.25) is 4.79 Å². The van der Waals surface area contributed by atoms with Gasteiger partial charge in [-0.1, -0.05) is 0 Å². The van der Waals surface area contributed by atoms with Crippen LogP contribution in [0.4, 0.5) is 0 Å². The maximum atomic E-state index is 12.5. The average Bonchev–Trinajstić information content (AvgIpc) is 3.05. The van der Waals surface area contributed by atoms with Crippen LogP contribution in [0.3, 0.4) is 0 Å². The van der Waals surface area contributed by atoms with E-state index in [1.807, 2.05) is 25.8 Å². The normalized spacial score (nSPS) is 20.5. The number of amides is 1. The summed E-state index contributed by atoms with van der Waals surface area (Å²) in [6.07, 6.45) is 0.949. The van der Waals surface area contributed by atoms with Crippen LogP contribution >= 0.6 is 11.3 Å². The molecule has 6 heteroatoms. The third kappa shape index (κ3) is 2.96. The SMILES string of the molecule is CO[C@@H](C)c1nc(C)c(C(=O)N(C)[C@H]2CCNC2)s1. The molecular weight excluding hydrogens is 262 g/mol. The number of hydrogen-bond acceptors (Lipinski definition) is 5. The van der Waals surface area contributed by atoms with Crippen molar-refractivity contribution in [1.29, 1.82) is 0 Å². The molecule has 1 aromatic heterocycles. The first-order valence-corrected chi connectivity index (χ1v) is 7.34. The van der Waals surface area contributed by atoms with Crippen molar-refractivity contribution in [2.45, 2.75) is 32.4 Å². The molecule has 0 unspecified atom stereocenters. The number of nitrogens with zero attached hydrogens (tertiary/aromatic N) is 2. The third-order valence-corrected chi connectivity index (χ3v) is 4.92. The number of aromatic nitrogens is 1. The number of carbonyl (C=O) groups excluding carboxylic acids is 1. The van der Waals surface area contributed by atoms with E-state index in [4.69, 9.17) is 4.74 Å². The highest BCUT2D eigenvalue weighted by Gasteiger charge is 2.27. The summed E-state index contributed by atoms with van der Waals surface area (Å²) in [4.78, 5) is 19.5. The number of rotatable bonds is 4. The van der Waals surface area contributed by atoms with Gasteiger partial charge in [0.05, 0.1) is 5.69 Å². The molecule has 5 nitrogen and oxygen atoms in total. The maximum Gasteiger partial charge on any atom is 0.265 e. The van der Waals surface area contributed by atoms with Crippen LogP contribution in [0.5, 0.6) is 0 Å². The molecule has 1 amide bonds. The molecule has 1 aliphatic heterocycles. The van der Waals surface area contributed by atoms with E-state index in [9.17, 15) is 4.79 Å². The van der Waals surface area contributed by atoms with Gasteiger partial charge in [0.25, 0.3) is 5.91 Å². The van der Waals surface area contributed by atoms with Gasteiger partial charge in [-0.15, -0.1) is 11.3 Å². The summed E-state index contributed by atoms with van der Waals surface area (Å²) < 4.78 is 5.26. The van der Waals surface area contributed by atoms with Gasteiger partial charge in [-0.25, -0.2) is 4.98 Å². The number of aryl methyl sites for hydroxylation is 1. The Hall–Kier alpha value is -0.980. The Kier molecular flexibility index (Phi) is 4.54. The van der Waals surface area contributed by atoms with Crippen LogP contribution in [0.15, 0.2) is 0 Å². The second-order valence-electron chi connectivity index (χ2n) is 4.91. The van der Waals surface area contributed by atoms with Crippen molar-refractivity contribution >= 4 is 17.2 Å². The van der Waals surface area contributed by atoms with Crippen molar-refractivity contribution in [2.24, 2.45) is 0 Å². The number of thiazole rings is 1. The molecule has 0 aliphatic carbocycles. The van der Waals surface area contributed by atoms with E-state index in [1.165, 1.54) is 11.3 Å². The minimum absolute atomic E-state index is 0.0660. The number of ether oxygens (including phenoxy) is 1. The highest BCUT2D eigenvalue weighted by atomic mass is 32.1. The molecule has 106 valence electrons. The highest BCUT2D eigenvalue weighted by Crippen LogP contribution is 2.26. The zero-order chi connectivity index (χ0) is 14.0. The van der Waals surface area contributed by atoms with Crippen molar-refractivity contribution in [3.8, 4) is 0 Å². The van der Waals surface area contributed by atoms with Crippen LogP contribution < -0.4 is 5.32 Å². The van der Waals surface area contributed by atoms with Crippen LogP contribution in [0.25, 0.3) is 0 Å². The molecule has 0 saturated carbocycles. The molecule has 1 aliphatic rings. The van der Waals surface area contributed by atoms with Crippen molar-refractivity contribution < 1.29 is 9.53 Å². The zero-order valence-electron chi connectivity index (χ0n) is 11.9. The Morgan fingerprint density at radius 3 is 2.95 bits per heavy atom. The predicted molar refractivity (Wildman–Crippen MR) is 75.6 cm³/mol. The molecule has 0 aromatic carbocycles. The van der Waals surface area contributed by atoms with E-state index in [1.54, 1.807) is 7.11 Å². The molecule has 0 bridgehead atoms. The fraction of sp³-hybridized carbons (Fsp3) is 0.692. The lowest BCUT2D eigenvalue weighted by Crippen LogP contribution is -2.38. The van der Waals surface area contributed by atoms with Crippen molar-refractivity contribution in [3.05, 3.63) is 15.6 Å². The van der Waals surface area contributed by atoms with Crippen LogP contribution in [-0.4, -0.2) is 49.1 Å². The summed E-state index contributed by atoms with van der Waals surface area (Å²) in [5.41, 5.74) is 0.798. The standard InChI is InChI=1S/C13H21N3O2S/c1-8-11(19-12(15-8)9(2)18-4)13(17)16(3)10-5-6-14-7-10/h9-10,14H,5-7H2,1-4H3/t9-,10-/m0/s1. The third-order valence-electron chi connectivity index (χ3n) is 3.61. The molecule has 1 fully saturated rings. The Morgan fingerprint density at radius 2 is 2.37 bits per heavy atom. The Morgan fingerprint density at radius 1 is 1.63 bits per heavy atom. The maximum absolute atomic E-state index is 12.5. The summed E-state index contributed by atoms with van der Waals surface area (Å²) >= 11 is 1.44. The molecular formula is C13H21N3O2S. The number of methoxy groups -OCH3 is 1. The number of hydrogen-bond donors (Lipinski definition) is 1. The molecule has 1 aromatic rings. The van der Waals surface area contributed by atoms with Gasteiger partial charge in [-0.05, 0) is 26.8 Å². The molecule has 1 N–H and O–H groups in total. The van der Waals surface area contributed by atoms with Crippen molar-refractivity contribution in [3.63, 3.8) is 0 Å². The van der Waals surface area contributed by atoms with Crippen LogP contribution in [0.1, 0.15) is 39.8 Å². The van der Waals surface area contributed by atoms with Crippen LogP contribution in [-0.2, 0) is 4.74 Å². The predicted octanol–water partition coefficient (Wildman–Crippen LogP) is 1.59. The monoisotopic (exact) mass is 283 g/mol. The topological polar surface area (TPSA) is 54.5 Å². The van der Waals surface area contributed by atoms with E-state index in [0.717, 1.165) is 35.1 Å². The van der Waals surface area contributed by atoms with E-state index >= 15 is 0 Å². The van der Waals surface area contributed by atoms with Gasteiger partial charge in [0.1, 0.15) is 16.0 Å². The molecule has 19 heavy (non-hydrogen) atoms. The van der Waals surface area contributed by atoms with Gasteiger partial charge < -0.3 is 15.0 Å². The smallest absolute Gasteiger partial charge is 0.265 e. The number of nitrogens with one attached hydrogen (secondary N) is 1. The minimum Gasteiger partial charge on any atom is -0.375 e. The first-order chi connectivity index (χ1) is 9.04. The van der Waals surface area contributed by atoms with Gasteiger partial charge >= 0.3 is 0 Å². The molecule has 0 radical (unpaired) electrons. The number of likely N-dealkylation sites (N-methyl/N-ethyl adjacent to an activating group) is 1. The van der Waals surface area contributed by atoms with E-state index < -0.39 is 0 Å². The molecule has 2 rings (SSSR count). The highest BCUT2D eigenvalue weighted by molar-refractivity contribution is 7.13. The Bertz CT molecular complexity index is 455. The van der Waals surface area contributed by atoms with Crippen molar-refractivity contribution in [1.82, 2.24) is 15.2 Å². The second-order valence-corrected chi connectivity index (χ2v) is 5.94. The number of carbonyl (C=O) groups is 1. The Balaban J connectivity index is 2.16. The van der Waals surface area contributed by atoms with E-state index in [-0.39, 0.29) is 18.1 Å². The van der Waals surface area contributed by atoms with E-state index in [0.29, 0.717) is 0 Å². The average molecular weight is 283 g/mol. The summed E-state index contributed by atoms with van der Waals surface area (Å²) in [5, 5.41) is 4.14. The minimum atomic E-state index is -0.0660. The second kappa shape index (κ2) is 5.98. The molecule has 2 heterocycles. The first kappa shape index (κ1) is 14.4. The van der Waals surface area contributed by atoms with Gasteiger partial charge in [-0.2, -0.15) is 0 Å². The lowest BCUT2D eigenvalue weighted by Gasteiger charge is -2.23. The quantitative estimate of drug-likeness (QED) is 0.912. The van der Waals surface area contributed by atoms with Gasteiger partial charge in [0, 0.05) is 26.7 Å². The summed E-state index contributed by atoms with van der Waals surface area (Å²) in [7, 11) is 3.53. The lowest BCUT2D eigenvalue weighted by atomic mass is 10.2. The van der Waals surface area contributed by atoms with Gasteiger partial charge in [0.15, 0.2) is 0 Å². The molecule has 0 spiro atoms. The first-order valence-electron chi connectivity index (χ1n) is 6.52. The molecule has 1 saturated heterocycles. The fourth-order valence-corrected chi connectivity index (χ4v) is 3.26. The fourth-order valence-electron chi connectivity index (χ4n) is 2.19. The van der Waals surface area contributed by atoms with Gasteiger partial charge in [0.2, 0.25) is 0 Å². The Labute approximate surface area is 118 Å². The van der Waals surface area contributed by atoms with Crippen LogP contribution in [0.2, 0.25) is 0 Å². The van der Waals surface area contributed by atoms with Crippen molar-refractivity contribution in [2.75, 3.05) is 27.2 Å². The summed E-state index contributed by atoms with van der Waals surface area (Å²) in [5.74, 6) is 0.0678. The molecule has 2 atom stereocenters. The summed E-state index contributed by atoms with van der Waals surface area (Å²) in [6.45, 7) is 5.69. The van der Waals surface area contributed by atoms with Crippen LogP contribution in [0, 0.1) is 6.92 Å². The largest absolute Gasteiger partial charge is 0.375 e. The summed E-state index contributed by atoms with van der Waals surface area (Å²) in [6, 6.07) is 0.289.